The van der Waals surface area contributed by atoms with Gasteiger partial charge in [0.1, 0.15) is 0 Å². The molecule has 1 aromatic heterocycles. The number of aryl methyl sites for hydroxylation is 1. The number of carbonyl (C=O) groups is 1. The average Bonchev–Trinajstić information content (AvgIpc) is 2.98. The summed E-state index contributed by atoms with van der Waals surface area (Å²) in [6, 6.07) is 0.349. The van der Waals surface area contributed by atoms with Gasteiger partial charge in [-0.25, -0.2) is 4.79 Å². The van der Waals surface area contributed by atoms with Crippen LogP contribution in [0.25, 0.3) is 0 Å². The summed E-state index contributed by atoms with van der Waals surface area (Å²) in [5.41, 5.74) is 1.24. The highest BCUT2D eigenvalue weighted by Gasteiger charge is 2.32. The number of likely N-dealkylation sites (tertiary alicyclic amines) is 1. The van der Waals surface area contributed by atoms with Gasteiger partial charge >= 0.3 is 6.03 Å². The number of carbonyl (C=O) groups excluding carboxylic acids is 1. The van der Waals surface area contributed by atoms with Gasteiger partial charge < -0.3 is 10.2 Å². The van der Waals surface area contributed by atoms with E-state index in [2.05, 4.69) is 41.7 Å². The van der Waals surface area contributed by atoms with Gasteiger partial charge in [0.05, 0.1) is 6.20 Å². The first-order valence-corrected chi connectivity index (χ1v) is 9.91. The topological polar surface area (TPSA) is 53.4 Å². The zero-order valence-electron chi connectivity index (χ0n) is 15.5. The van der Waals surface area contributed by atoms with E-state index < -0.39 is 0 Å². The van der Waals surface area contributed by atoms with Gasteiger partial charge in [0, 0.05) is 50.2 Å². The normalized spacial score (nSPS) is 23.0. The van der Waals surface area contributed by atoms with E-state index in [9.17, 15) is 4.79 Å². The third-order valence-electron chi connectivity index (χ3n) is 4.87. The minimum absolute atomic E-state index is 0.0223. The number of piperidine rings is 1. The van der Waals surface area contributed by atoms with Gasteiger partial charge in [0.15, 0.2) is 0 Å². The predicted molar refractivity (Wildman–Crippen MR) is 100 cm³/mol. The van der Waals surface area contributed by atoms with E-state index in [-0.39, 0.29) is 6.03 Å². The maximum atomic E-state index is 12.3. The SMILES string of the molecule is CS[C@@H](C)CNC(=O)N(C)C[C@@H]1CCCN(C)[C@H]1c1cnn(C)c1. The van der Waals surface area contributed by atoms with Crippen LogP contribution in [0.1, 0.15) is 31.4 Å². The first-order chi connectivity index (χ1) is 11.4. The summed E-state index contributed by atoms with van der Waals surface area (Å²) in [6.07, 6.45) is 8.44. The molecule has 6 nitrogen and oxygen atoms in total. The molecule has 0 aromatic carbocycles. The summed E-state index contributed by atoms with van der Waals surface area (Å²) in [6.45, 7) is 4.70. The Kier molecular flexibility index (Phi) is 6.98. The van der Waals surface area contributed by atoms with E-state index in [4.69, 9.17) is 0 Å². The number of nitrogens with zero attached hydrogens (tertiary/aromatic N) is 4. The standard InChI is InChI=1S/C17H31N5OS/c1-13(24-5)9-18-17(23)21(3)11-14-7-6-8-20(2)16(14)15-10-19-22(4)12-15/h10,12-14,16H,6-9,11H2,1-5H3,(H,18,23)/t13-,14-,16+/m0/s1. The summed E-state index contributed by atoms with van der Waals surface area (Å²) in [7, 11) is 6.02. The molecule has 136 valence electrons. The van der Waals surface area contributed by atoms with Crippen LogP contribution < -0.4 is 5.32 Å². The Hall–Kier alpha value is -1.21. The van der Waals surface area contributed by atoms with E-state index in [0.717, 1.165) is 19.5 Å². The van der Waals surface area contributed by atoms with Crippen molar-refractivity contribution >= 4 is 17.8 Å². The number of hydrogen-bond donors (Lipinski definition) is 1. The smallest absolute Gasteiger partial charge is 0.317 e. The lowest BCUT2D eigenvalue weighted by Gasteiger charge is -2.40. The molecule has 0 unspecified atom stereocenters. The zero-order chi connectivity index (χ0) is 17.7. The Balaban J connectivity index is 1.98. The van der Waals surface area contributed by atoms with E-state index >= 15 is 0 Å². The van der Waals surface area contributed by atoms with Gasteiger partial charge in [-0.15, -0.1) is 0 Å². The molecular formula is C17H31N5OS. The van der Waals surface area contributed by atoms with Crippen LogP contribution in [0.5, 0.6) is 0 Å². The molecule has 1 fully saturated rings. The third-order valence-corrected chi connectivity index (χ3v) is 5.84. The van der Waals surface area contributed by atoms with Crippen molar-refractivity contribution in [3.8, 4) is 0 Å². The van der Waals surface area contributed by atoms with E-state index in [1.165, 1.54) is 12.0 Å². The van der Waals surface area contributed by atoms with Crippen LogP contribution in [-0.4, -0.2) is 70.8 Å². The lowest BCUT2D eigenvalue weighted by molar-refractivity contribution is 0.0996. The van der Waals surface area contributed by atoms with Crippen LogP contribution in [0, 0.1) is 5.92 Å². The van der Waals surface area contributed by atoms with Gasteiger partial charge in [-0.05, 0) is 38.6 Å². The molecule has 1 aromatic rings. The van der Waals surface area contributed by atoms with Crippen molar-refractivity contribution < 1.29 is 4.79 Å². The minimum atomic E-state index is 0.0223. The third kappa shape index (κ3) is 4.89. The molecule has 0 saturated carbocycles. The lowest BCUT2D eigenvalue weighted by Crippen LogP contribution is -2.46. The van der Waals surface area contributed by atoms with E-state index in [1.54, 1.807) is 11.8 Å². The van der Waals surface area contributed by atoms with Crippen molar-refractivity contribution in [1.82, 2.24) is 24.9 Å². The number of aromatic nitrogens is 2. The molecule has 1 aliphatic rings. The lowest BCUT2D eigenvalue weighted by atomic mass is 9.86. The van der Waals surface area contributed by atoms with Crippen molar-refractivity contribution in [1.29, 1.82) is 0 Å². The van der Waals surface area contributed by atoms with Crippen LogP contribution in [0.3, 0.4) is 0 Å². The maximum Gasteiger partial charge on any atom is 0.317 e. The van der Waals surface area contributed by atoms with Crippen molar-refractivity contribution in [2.75, 3.05) is 40.0 Å². The molecule has 3 atom stereocenters. The summed E-state index contributed by atoms with van der Waals surface area (Å²) >= 11 is 1.77. The Morgan fingerprint density at radius 3 is 2.92 bits per heavy atom. The fourth-order valence-corrected chi connectivity index (χ4v) is 3.70. The minimum Gasteiger partial charge on any atom is -0.337 e. The van der Waals surface area contributed by atoms with E-state index in [0.29, 0.717) is 23.8 Å². The molecule has 2 heterocycles. The van der Waals surface area contributed by atoms with Gasteiger partial charge in [-0.2, -0.15) is 16.9 Å². The van der Waals surface area contributed by atoms with Gasteiger partial charge in [0.25, 0.3) is 0 Å². The van der Waals surface area contributed by atoms with E-state index in [1.807, 2.05) is 29.9 Å². The van der Waals surface area contributed by atoms with Gasteiger partial charge in [0.2, 0.25) is 0 Å². The fourth-order valence-electron chi connectivity index (χ4n) is 3.45. The van der Waals surface area contributed by atoms with Gasteiger partial charge in [-0.1, -0.05) is 6.92 Å². The molecule has 1 N–H and O–H groups in total. The Labute approximate surface area is 149 Å². The zero-order valence-corrected chi connectivity index (χ0v) is 16.3. The first kappa shape index (κ1) is 19.1. The van der Waals surface area contributed by atoms with Crippen molar-refractivity contribution in [3.05, 3.63) is 18.0 Å². The second-order valence-corrected chi connectivity index (χ2v) is 8.16. The molecule has 0 bridgehead atoms. The second-order valence-electron chi connectivity index (χ2n) is 6.89. The van der Waals surface area contributed by atoms with Gasteiger partial charge in [-0.3, -0.25) is 9.58 Å². The summed E-state index contributed by atoms with van der Waals surface area (Å²) in [5, 5.41) is 7.79. The highest BCUT2D eigenvalue weighted by molar-refractivity contribution is 7.99. The summed E-state index contributed by atoms with van der Waals surface area (Å²) in [5.74, 6) is 0.432. The molecule has 2 rings (SSSR count). The number of rotatable bonds is 6. The molecule has 24 heavy (non-hydrogen) atoms. The number of nitrogens with one attached hydrogen (secondary N) is 1. The summed E-state index contributed by atoms with van der Waals surface area (Å²) < 4.78 is 1.86. The fraction of sp³-hybridized carbons (Fsp3) is 0.765. The molecule has 0 radical (unpaired) electrons. The first-order valence-electron chi connectivity index (χ1n) is 8.63. The largest absolute Gasteiger partial charge is 0.337 e. The highest BCUT2D eigenvalue weighted by Crippen LogP contribution is 2.35. The Morgan fingerprint density at radius 1 is 1.54 bits per heavy atom. The molecule has 7 heteroatoms. The number of urea groups is 1. The van der Waals surface area contributed by atoms with Crippen LogP contribution >= 0.6 is 11.8 Å². The maximum absolute atomic E-state index is 12.3. The Morgan fingerprint density at radius 2 is 2.29 bits per heavy atom. The number of amides is 2. The van der Waals surface area contributed by atoms with Crippen LogP contribution in [-0.2, 0) is 7.05 Å². The number of thioether (sulfide) groups is 1. The molecule has 0 aliphatic carbocycles. The molecule has 0 spiro atoms. The van der Waals surface area contributed by atoms with Crippen molar-refractivity contribution in [2.45, 2.75) is 31.1 Å². The highest BCUT2D eigenvalue weighted by atomic mass is 32.2. The molecule has 1 aliphatic heterocycles. The average molecular weight is 354 g/mol. The molecule has 1 saturated heterocycles. The van der Waals surface area contributed by atoms with Crippen LogP contribution in [0.15, 0.2) is 12.4 Å². The van der Waals surface area contributed by atoms with Crippen LogP contribution in [0.4, 0.5) is 4.79 Å². The Bertz CT molecular complexity index is 535. The predicted octanol–water partition coefficient (Wildman–Crippen LogP) is 2.20. The molecule has 2 amide bonds. The monoisotopic (exact) mass is 353 g/mol. The van der Waals surface area contributed by atoms with Crippen molar-refractivity contribution in [2.24, 2.45) is 13.0 Å². The number of hydrogen-bond acceptors (Lipinski definition) is 4. The molecular weight excluding hydrogens is 322 g/mol. The van der Waals surface area contributed by atoms with Crippen molar-refractivity contribution in [3.63, 3.8) is 0 Å². The summed E-state index contributed by atoms with van der Waals surface area (Å²) in [4.78, 5) is 16.6. The van der Waals surface area contributed by atoms with Crippen LogP contribution in [0.2, 0.25) is 0 Å². The quantitative estimate of drug-likeness (QED) is 0.852. The second kappa shape index (κ2) is 8.76.